The van der Waals surface area contributed by atoms with Crippen LogP contribution < -0.4 is 0 Å². The summed E-state index contributed by atoms with van der Waals surface area (Å²) >= 11 is 5.30. The molecule has 1 heterocycles. The fourth-order valence-corrected chi connectivity index (χ4v) is 3.11. The molecule has 0 atom stereocenters. The molecule has 0 bridgehead atoms. The normalized spacial score (nSPS) is 14.6. The number of benzene rings is 2. The van der Waals surface area contributed by atoms with Crippen LogP contribution in [0.15, 0.2) is 53.6 Å². The van der Waals surface area contributed by atoms with Crippen molar-refractivity contribution in [3.8, 4) is 11.4 Å². The summed E-state index contributed by atoms with van der Waals surface area (Å²) in [5, 5.41) is 22.5. The molecular formula is C17H13N5O2S. The number of fused-ring (bicyclic) bond motifs is 1. The van der Waals surface area contributed by atoms with Crippen molar-refractivity contribution in [1.29, 1.82) is 0 Å². The van der Waals surface area contributed by atoms with Gasteiger partial charge >= 0.3 is 0 Å². The second-order valence-corrected chi connectivity index (χ2v) is 6.06. The molecule has 8 heteroatoms. The third-order valence-electron chi connectivity index (χ3n) is 4.17. The van der Waals surface area contributed by atoms with E-state index in [1.807, 2.05) is 12.1 Å². The first kappa shape index (κ1) is 15.4. The van der Waals surface area contributed by atoms with Gasteiger partial charge in [0.25, 0.3) is 5.69 Å². The second kappa shape index (κ2) is 6.06. The van der Waals surface area contributed by atoms with E-state index in [0.717, 1.165) is 24.1 Å². The van der Waals surface area contributed by atoms with Crippen LogP contribution in [0.2, 0.25) is 0 Å². The number of aromatic nitrogens is 3. The van der Waals surface area contributed by atoms with E-state index in [1.54, 1.807) is 16.8 Å². The molecule has 1 aliphatic carbocycles. The highest BCUT2D eigenvalue weighted by molar-refractivity contribution is 7.71. The molecule has 3 aromatic rings. The molecule has 4 rings (SSSR count). The maximum Gasteiger partial charge on any atom is 0.269 e. The summed E-state index contributed by atoms with van der Waals surface area (Å²) in [5.74, 6) is 0.525. The van der Waals surface area contributed by atoms with Gasteiger partial charge in [0.2, 0.25) is 4.77 Å². The molecule has 7 nitrogen and oxygen atoms in total. The molecule has 0 radical (unpaired) electrons. The van der Waals surface area contributed by atoms with Gasteiger partial charge in [-0.25, -0.2) is 5.10 Å². The average molecular weight is 351 g/mol. The van der Waals surface area contributed by atoms with Gasteiger partial charge < -0.3 is 0 Å². The highest BCUT2D eigenvalue weighted by Crippen LogP contribution is 2.25. The van der Waals surface area contributed by atoms with Crippen molar-refractivity contribution < 1.29 is 4.92 Å². The topological polar surface area (TPSA) is 89.1 Å². The van der Waals surface area contributed by atoms with E-state index in [4.69, 9.17) is 17.3 Å². The molecule has 0 saturated carbocycles. The first-order chi connectivity index (χ1) is 12.1. The highest BCUT2D eigenvalue weighted by Gasteiger charge is 2.18. The molecule has 124 valence electrons. The quantitative estimate of drug-likeness (QED) is 0.442. The third kappa shape index (κ3) is 2.76. The van der Waals surface area contributed by atoms with Crippen LogP contribution in [-0.2, 0) is 6.42 Å². The SMILES string of the molecule is O=[N+]([O-])c1ccc(-c2n[nH]c(=S)n2/N=C2\CCc3ccccc32)cc1. The summed E-state index contributed by atoms with van der Waals surface area (Å²) in [6, 6.07) is 14.3. The van der Waals surface area contributed by atoms with Crippen LogP contribution in [0.5, 0.6) is 0 Å². The summed E-state index contributed by atoms with van der Waals surface area (Å²) in [6.07, 6.45) is 1.79. The summed E-state index contributed by atoms with van der Waals surface area (Å²) < 4.78 is 1.96. The Morgan fingerprint density at radius 2 is 1.92 bits per heavy atom. The van der Waals surface area contributed by atoms with Gasteiger partial charge in [0, 0.05) is 23.3 Å². The van der Waals surface area contributed by atoms with Gasteiger partial charge in [-0.3, -0.25) is 10.1 Å². The fraction of sp³-hybridized carbons (Fsp3) is 0.118. The van der Waals surface area contributed by atoms with Gasteiger partial charge in [0.15, 0.2) is 5.82 Å². The third-order valence-corrected chi connectivity index (χ3v) is 4.43. The fourth-order valence-electron chi connectivity index (χ4n) is 2.94. The van der Waals surface area contributed by atoms with Crippen LogP contribution >= 0.6 is 12.2 Å². The van der Waals surface area contributed by atoms with E-state index in [9.17, 15) is 10.1 Å². The van der Waals surface area contributed by atoms with Crippen molar-refractivity contribution in [2.75, 3.05) is 0 Å². The van der Waals surface area contributed by atoms with Crippen LogP contribution in [0.25, 0.3) is 11.4 Å². The minimum Gasteiger partial charge on any atom is -0.258 e. The predicted molar refractivity (Wildman–Crippen MR) is 96.2 cm³/mol. The highest BCUT2D eigenvalue weighted by atomic mass is 32.1. The minimum atomic E-state index is -0.434. The number of non-ortho nitro benzene ring substituents is 1. The smallest absolute Gasteiger partial charge is 0.258 e. The maximum atomic E-state index is 10.8. The lowest BCUT2D eigenvalue weighted by Crippen LogP contribution is -2.02. The monoisotopic (exact) mass is 351 g/mol. The Labute approximate surface area is 147 Å². The number of nitrogens with zero attached hydrogens (tertiary/aromatic N) is 4. The lowest BCUT2D eigenvalue weighted by molar-refractivity contribution is -0.384. The predicted octanol–water partition coefficient (Wildman–Crippen LogP) is 3.71. The molecule has 0 fully saturated rings. The zero-order valence-electron chi connectivity index (χ0n) is 13.0. The van der Waals surface area contributed by atoms with Gasteiger partial charge in [-0.15, -0.1) is 0 Å². The van der Waals surface area contributed by atoms with Gasteiger partial charge in [0.1, 0.15) is 0 Å². The van der Waals surface area contributed by atoms with Crippen LogP contribution in [0.4, 0.5) is 5.69 Å². The van der Waals surface area contributed by atoms with Crippen molar-refractivity contribution in [3.63, 3.8) is 0 Å². The molecule has 0 aliphatic heterocycles. The number of nitrogens with one attached hydrogen (secondary N) is 1. The lowest BCUT2D eigenvalue weighted by atomic mass is 10.1. The standard InChI is InChI=1S/C17H13N5O2S/c23-22(24)13-8-5-12(6-9-13)16-18-19-17(25)21(16)20-15-10-7-11-3-1-2-4-14(11)15/h1-6,8-9H,7,10H2,(H,19,25)/b20-15+. The van der Waals surface area contributed by atoms with Crippen LogP contribution in [-0.4, -0.2) is 25.5 Å². The Morgan fingerprint density at radius 1 is 1.16 bits per heavy atom. The number of aryl methyl sites for hydroxylation is 1. The van der Waals surface area contributed by atoms with Gasteiger partial charge in [-0.2, -0.15) is 14.9 Å². The van der Waals surface area contributed by atoms with Crippen molar-refractivity contribution in [2.45, 2.75) is 12.8 Å². The van der Waals surface area contributed by atoms with Crippen molar-refractivity contribution in [3.05, 3.63) is 74.5 Å². The molecule has 0 unspecified atom stereocenters. The van der Waals surface area contributed by atoms with Gasteiger partial charge in [0.05, 0.1) is 10.6 Å². The van der Waals surface area contributed by atoms with Crippen molar-refractivity contribution in [2.24, 2.45) is 5.10 Å². The molecule has 0 saturated heterocycles. The number of rotatable bonds is 3. The van der Waals surface area contributed by atoms with E-state index < -0.39 is 4.92 Å². The molecule has 1 aliphatic rings. The molecule has 2 aromatic carbocycles. The molecule has 1 N–H and O–H groups in total. The van der Waals surface area contributed by atoms with Crippen LogP contribution in [0.1, 0.15) is 17.5 Å². The lowest BCUT2D eigenvalue weighted by Gasteiger charge is -2.04. The van der Waals surface area contributed by atoms with Crippen molar-refractivity contribution >= 4 is 23.6 Å². The molecule has 1 aromatic heterocycles. The summed E-state index contributed by atoms with van der Waals surface area (Å²) in [5.41, 5.74) is 4.08. The van der Waals surface area contributed by atoms with Gasteiger partial charge in [-0.1, -0.05) is 24.3 Å². The van der Waals surface area contributed by atoms with Gasteiger partial charge in [-0.05, 0) is 42.8 Å². The van der Waals surface area contributed by atoms with E-state index in [1.165, 1.54) is 17.7 Å². The molecule has 0 amide bonds. The van der Waals surface area contributed by atoms with E-state index in [0.29, 0.717) is 16.2 Å². The average Bonchev–Trinajstić information content (AvgIpc) is 3.20. The number of hydrogen-bond acceptors (Lipinski definition) is 5. The Hall–Kier alpha value is -3.13. The zero-order chi connectivity index (χ0) is 17.4. The zero-order valence-corrected chi connectivity index (χ0v) is 13.9. The summed E-state index contributed by atoms with van der Waals surface area (Å²) in [6.45, 7) is 0. The first-order valence-corrected chi connectivity index (χ1v) is 8.12. The second-order valence-electron chi connectivity index (χ2n) is 5.67. The first-order valence-electron chi connectivity index (χ1n) is 7.72. The summed E-state index contributed by atoms with van der Waals surface area (Å²) in [4.78, 5) is 10.4. The Balaban J connectivity index is 1.78. The number of nitro groups is 1. The largest absolute Gasteiger partial charge is 0.269 e. The Kier molecular flexibility index (Phi) is 3.73. The van der Waals surface area contributed by atoms with Crippen molar-refractivity contribution in [1.82, 2.24) is 14.9 Å². The van der Waals surface area contributed by atoms with Crippen LogP contribution in [0.3, 0.4) is 0 Å². The number of aromatic amines is 1. The van der Waals surface area contributed by atoms with E-state index in [2.05, 4.69) is 22.3 Å². The van der Waals surface area contributed by atoms with Crippen LogP contribution in [0, 0.1) is 14.9 Å². The number of hydrogen-bond donors (Lipinski definition) is 1. The maximum absolute atomic E-state index is 10.8. The number of H-pyrrole nitrogens is 1. The molecule has 25 heavy (non-hydrogen) atoms. The summed E-state index contributed by atoms with van der Waals surface area (Å²) in [7, 11) is 0. The van der Waals surface area contributed by atoms with E-state index >= 15 is 0 Å². The molecule has 0 spiro atoms. The molecular weight excluding hydrogens is 338 g/mol. The number of nitro benzene ring substituents is 1. The Morgan fingerprint density at radius 3 is 2.68 bits per heavy atom. The Bertz CT molecular complexity index is 1050. The minimum absolute atomic E-state index is 0.0282. The van der Waals surface area contributed by atoms with E-state index in [-0.39, 0.29) is 5.69 Å².